The minimum Gasteiger partial charge on any atom is -0.378 e. The van der Waals surface area contributed by atoms with Crippen LogP contribution in [0.25, 0.3) is 0 Å². The van der Waals surface area contributed by atoms with Crippen LogP contribution in [0, 0.1) is 0 Å². The second kappa shape index (κ2) is 9.44. The summed E-state index contributed by atoms with van der Waals surface area (Å²) < 4.78 is 34.3. The van der Waals surface area contributed by atoms with Crippen molar-refractivity contribution in [2.75, 3.05) is 5.75 Å². The Kier molecular flexibility index (Phi) is 6.96. The van der Waals surface area contributed by atoms with Gasteiger partial charge in [0, 0.05) is 15.9 Å². The molecular weight excluding hydrogens is 421 g/mol. The van der Waals surface area contributed by atoms with Gasteiger partial charge in [0.15, 0.2) is 5.17 Å². The normalized spacial score (nSPS) is 12.5. The summed E-state index contributed by atoms with van der Waals surface area (Å²) in [5.41, 5.74) is 5.79. The van der Waals surface area contributed by atoms with Gasteiger partial charge >= 0.3 is 10.2 Å². The molecule has 0 radical (unpaired) electrons. The van der Waals surface area contributed by atoms with Crippen LogP contribution in [-0.2, 0) is 10.2 Å². The quantitative estimate of drug-likeness (QED) is 0.359. The number of benzene rings is 3. The van der Waals surface area contributed by atoms with E-state index in [1.54, 1.807) is 0 Å². The lowest BCUT2D eigenvalue weighted by Gasteiger charge is -2.25. The van der Waals surface area contributed by atoms with Crippen molar-refractivity contribution in [3.05, 3.63) is 91.0 Å². The van der Waals surface area contributed by atoms with Crippen molar-refractivity contribution in [1.82, 2.24) is 0 Å². The number of hydrogen-bond donors (Lipinski definition) is 1. The van der Waals surface area contributed by atoms with E-state index < -0.39 is 17.3 Å². The van der Waals surface area contributed by atoms with Crippen LogP contribution in [0.1, 0.15) is 6.92 Å². The summed E-state index contributed by atoms with van der Waals surface area (Å²) in [4.78, 5) is 0. The van der Waals surface area contributed by atoms with Crippen LogP contribution < -0.4 is 21.6 Å². The Hall–Kier alpha value is -2.34. The summed E-state index contributed by atoms with van der Waals surface area (Å²) >= 11 is 1.17. The molecule has 8 heteroatoms. The van der Waals surface area contributed by atoms with Crippen molar-refractivity contribution in [2.24, 2.45) is 14.3 Å². The van der Waals surface area contributed by atoms with Crippen LogP contribution in [0.15, 0.2) is 99.5 Å². The van der Waals surface area contributed by atoms with E-state index >= 15 is 0 Å². The number of nitrogens with two attached hydrogens (primary N) is 1. The molecule has 150 valence electrons. The summed E-state index contributed by atoms with van der Waals surface area (Å²) in [6.45, 7) is 1.88. The topological polar surface area (TPSA) is 84.9 Å². The van der Waals surface area contributed by atoms with Crippen LogP contribution in [0.5, 0.6) is 0 Å². The third-order valence-electron chi connectivity index (χ3n) is 4.11. The van der Waals surface area contributed by atoms with Gasteiger partial charge in [-0.25, -0.2) is 0 Å². The molecular formula is C21H22N3O2PS2. The minimum absolute atomic E-state index is 0.0106. The number of nitrogens with zero attached hydrogens (tertiary/aromatic N) is 2. The smallest absolute Gasteiger partial charge is 0.364 e. The van der Waals surface area contributed by atoms with Gasteiger partial charge in [0.2, 0.25) is 0 Å². The molecule has 3 aromatic rings. The van der Waals surface area contributed by atoms with Gasteiger partial charge in [-0.15, -0.1) is 4.40 Å². The van der Waals surface area contributed by atoms with Gasteiger partial charge in [0.25, 0.3) is 0 Å². The van der Waals surface area contributed by atoms with Crippen molar-refractivity contribution < 1.29 is 8.42 Å². The fourth-order valence-electron chi connectivity index (χ4n) is 2.98. The maximum absolute atomic E-state index is 13.0. The molecule has 0 saturated carbocycles. The lowest BCUT2D eigenvalue weighted by atomic mass is 10.4. The first kappa shape index (κ1) is 21.4. The summed E-state index contributed by atoms with van der Waals surface area (Å²) in [7, 11) is -7.07. The number of hydrogen-bond acceptors (Lipinski definition) is 3. The molecule has 0 heterocycles. The van der Waals surface area contributed by atoms with E-state index in [4.69, 9.17) is 5.73 Å². The Bertz CT molecular complexity index is 1030. The highest BCUT2D eigenvalue weighted by atomic mass is 32.2. The maximum atomic E-state index is 13.0. The zero-order valence-electron chi connectivity index (χ0n) is 15.9. The Morgan fingerprint density at radius 1 is 0.828 bits per heavy atom. The molecule has 0 bridgehead atoms. The van der Waals surface area contributed by atoms with E-state index in [-0.39, 0.29) is 5.17 Å². The molecule has 0 saturated heterocycles. The summed E-state index contributed by atoms with van der Waals surface area (Å²) in [6.07, 6.45) is 0. The Balaban J connectivity index is 2.42. The standard InChI is InChI=1S/C21H22N3O2PS2/c1-2-28-21(22)23-29(25,26)24-27(18-12-6-3-7-13-18,19-14-8-4-9-15-19)20-16-10-5-11-17-20/h3-17H,2H2,1H3,(H2,22,23). The number of amidine groups is 1. The molecule has 5 nitrogen and oxygen atoms in total. The molecule has 2 N–H and O–H groups in total. The zero-order valence-corrected chi connectivity index (χ0v) is 18.4. The van der Waals surface area contributed by atoms with Gasteiger partial charge < -0.3 is 5.73 Å². The predicted octanol–water partition coefficient (Wildman–Crippen LogP) is 3.48. The van der Waals surface area contributed by atoms with Crippen LogP contribution in [-0.4, -0.2) is 19.3 Å². The predicted molar refractivity (Wildman–Crippen MR) is 126 cm³/mol. The lowest BCUT2D eigenvalue weighted by molar-refractivity contribution is 0.600. The molecule has 29 heavy (non-hydrogen) atoms. The van der Waals surface area contributed by atoms with E-state index in [0.29, 0.717) is 5.75 Å². The molecule has 3 aromatic carbocycles. The van der Waals surface area contributed by atoms with Crippen LogP contribution in [0.2, 0.25) is 0 Å². The molecule has 0 fully saturated rings. The molecule has 0 aliphatic rings. The summed E-state index contributed by atoms with van der Waals surface area (Å²) in [6, 6.07) is 28.6. The zero-order chi connectivity index (χ0) is 20.7. The van der Waals surface area contributed by atoms with Crippen molar-refractivity contribution in [2.45, 2.75) is 6.92 Å². The molecule has 0 atom stereocenters. The van der Waals surface area contributed by atoms with Crippen LogP contribution >= 0.6 is 18.8 Å². The lowest BCUT2D eigenvalue weighted by Crippen LogP contribution is -2.26. The van der Waals surface area contributed by atoms with Gasteiger partial charge in [0.1, 0.15) is 0 Å². The van der Waals surface area contributed by atoms with Gasteiger partial charge in [-0.05, 0) is 5.75 Å². The molecule has 0 aromatic heterocycles. The van der Waals surface area contributed by atoms with Gasteiger partial charge in [0.05, 0.1) is 7.05 Å². The van der Waals surface area contributed by atoms with Gasteiger partial charge in [-0.2, -0.15) is 12.6 Å². The largest absolute Gasteiger partial charge is 0.378 e. The monoisotopic (exact) mass is 443 g/mol. The fraction of sp³-hybridized carbons (Fsp3) is 0.0952. The summed E-state index contributed by atoms with van der Waals surface area (Å²) in [5, 5.41) is 2.48. The van der Waals surface area contributed by atoms with Gasteiger partial charge in [-0.3, -0.25) is 0 Å². The average Bonchev–Trinajstić information content (AvgIpc) is 2.74. The van der Waals surface area contributed by atoms with Crippen molar-refractivity contribution >= 4 is 50.1 Å². The van der Waals surface area contributed by atoms with Crippen LogP contribution in [0.3, 0.4) is 0 Å². The molecule has 3 rings (SSSR count). The van der Waals surface area contributed by atoms with E-state index in [9.17, 15) is 8.42 Å². The molecule has 0 aliphatic heterocycles. The Morgan fingerprint density at radius 3 is 1.55 bits per heavy atom. The SMILES string of the molecule is CCS/C(N)=N/S(=O)(=O)N=P(c1ccccc1)(c1ccccc1)c1ccccc1. The highest BCUT2D eigenvalue weighted by Crippen LogP contribution is 2.47. The first-order chi connectivity index (χ1) is 14.0. The second-order valence-corrected chi connectivity index (χ2v) is 11.9. The average molecular weight is 444 g/mol. The van der Waals surface area contributed by atoms with Gasteiger partial charge in [-0.1, -0.05) is 110 Å². The second-order valence-electron chi connectivity index (χ2n) is 6.03. The summed E-state index contributed by atoms with van der Waals surface area (Å²) in [5.74, 6) is 0.626. The van der Waals surface area contributed by atoms with E-state index in [1.807, 2.05) is 97.9 Å². The number of thioether (sulfide) groups is 1. The highest BCUT2D eigenvalue weighted by molar-refractivity contribution is 8.14. The van der Waals surface area contributed by atoms with Crippen molar-refractivity contribution in [1.29, 1.82) is 0 Å². The number of rotatable bonds is 6. The third-order valence-corrected chi connectivity index (χ3v) is 10.3. The van der Waals surface area contributed by atoms with E-state index in [1.165, 1.54) is 11.8 Å². The van der Waals surface area contributed by atoms with E-state index in [2.05, 4.69) is 8.55 Å². The molecule has 0 aliphatic carbocycles. The highest BCUT2D eigenvalue weighted by Gasteiger charge is 2.30. The van der Waals surface area contributed by atoms with Crippen LogP contribution in [0.4, 0.5) is 0 Å². The maximum Gasteiger partial charge on any atom is 0.364 e. The minimum atomic E-state index is -4.19. The molecule has 0 amide bonds. The first-order valence-electron chi connectivity index (χ1n) is 9.01. The fourth-order valence-corrected chi connectivity index (χ4v) is 9.22. The molecule has 0 unspecified atom stereocenters. The first-order valence-corrected chi connectivity index (χ1v) is 13.1. The third kappa shape index (κ3) is 4.99. The Labute approximate surface area is 176 Å². The van der Waals surface area contributed by atoms with Crippen molar-refractivity contribution in [3.8, 4) is 0 Å². The van der Waals surface area contributed by atoms with E-state index in [0.717, 1.165) is 15.9 Å². The molecule has 0 spiro atoms. The van der Waals surface area contributed by atoms with Crippen molar-refractivity contribution in [3.63, 3.8) is 0 Å². The Morgan fingerprint density at radius 2 is 1.21 bits per heavy atom.